The molecule has 4 rings (SSSR count). The third kappa shape index (κ3) is 4.11. The lowest BCUT2D eigenvalue weighted by molar-refractivity contribution is -0.498. The van der Waals surface area contributed by atoms with Crippen molar-refractivity contribution in [1.29, 1.82) is 0 Å². The predicted octanol–water partition coefficient (Wildman–Crippen LogP) is 5.99. The Balaban J connectivity index is 1.81. The molecule has 0 aliphatic heterocycles. The number of imidazole rings is 1. The Bertz CT molecular complexity index is 1290. The zero-order valence-electron chi connectivity index (χ0n) is 15.8. The lowest BCUT2D eigenvalue weighted by Gasteiger charge is -2.10. The van der Waals surface area contributed by atoms with E-state index in [1.807, 2.05) is 0 Å². The van der Waals surface area contributed by atoms with Gasteiger partial charge in [0.25, 0.3) is 11.3 Å². The molecule has 164 valence electrons. The number of aromatic nitrogens is 3. The normalized spacial score (nSPS) is 12.2. The van der Waals surface area contributed by atoms with Crippen LogP contribution in [0.4, 0.5) is 43.5 Å². The maximum atomic E-state index is 13.7. The minimum atomic E-state index is -4.76. The topological polar surface area (TPSA) is 74.2 Å². The van der Waals surface area contributed by atoms with Crippen molar-refractivity contribution in [2.75, 3.05) is 5.32 Å². The van der Waals surface area contributed by atoms with Crippen LogP contribution in [0.15, 0.2) is 66.0 Å². The van der Waals surface area contributed by atoms with Gasteiger partial charge in [-0.1, -0.05) is 6.07 Å². The van der Waals surface area contributed by atoms with Crippen molar-refractivity contribution >= 4 is 22.8 Å². The summed E-state index contributed by atoms with van der Waals surface area (Å²) in [4.78, 5) is 17.6. The van der Waals surface area contributed by atoms with Crippen molar-refractivity contribution in [3.63, 3.8) is 0 Å². The van der Waals surface area contributed by atoms with Crippen molar-refractivity contribution in [2.45, 2.75) is 12.4 Å². The smallest absolute Gasteiger partial charge is 0.340 e. The van der Waals surface area contributed by atoms with Gasteiger partial charge in [-0.05, 0) is 41.6 Å². The highest BCUT2D eigenvalue weighted by Crippen LogP contribution is 2.36. The van der Waals surface area contributed by atoms with E-state index < -0.39 is 23.6 Å². The van der Waals surface area contributed by atoms with Gasteiger partial charge in [0.05, 0.1) is 11.8 Å². The second-order valence-corrected chi connectivity index (χ2v) is 6.69. The lowest BCUT2D eigenvalue weighted by Crippen LogP contribution is -2.23. The molecular formula is C20H12F6N5O+. The zero-order valence-corrected chi connectivity index (χ0v) is 15.8. The first-order valence-corrected chi connectivity index (χ1v) is 8.96. The molecule has 12 heteroatoms. The number of halogens is 6. The number of anilines is 2. The zero-order chi connectivity index (χ0) is 23.1. The van der Waals surface area contributed by atoms with Gasteiger partial charge < -0.3 is 5.32 Å². The second-order valence-electron chi connectivity index (χ2n) is 6.69. The number of pyridine rings is 2. The van der Waals surface area contributed by atoms with Gasteiger partial charge in [0, 0.05) is 17.8 Å². The quantitative estimate of drug-likeness (QED) is 0.227. The molecule has 3 aromatic heterocycles. The van der Waals surface area contributed by atoms with Crippen molar-refractivity contribution in [2.24, 2.45) is 5.18 Å². The van der Waals surface area contributed by atoms with Crippen LogP contribution in [0.25, 0.3) is 17.0 Å². The molecule has 0 atom stereocenters. The van der Waals surface area contributed by atoms with Gasteiger partial charge in [0.15, 0.2) is 0 Å². The number of rotatable bonds is 4. The summed E-state index contributed by atoms with van der Waals surface area (Å²) < 4.78 is 80.5. The number of alkyl halides is 6. The summed E-state index contributed by atoms with van der Waals surface area (Å²) in [6, 6.07) is 10.7. The highest BCUT2D eigenvalue weighted by molar-refractivity contribution is 5.68. The van der Waals surface area contributed by atoms with Crippen LogP contribution in [-0.2, 0) is 12.4 Å². The number of H-pyrrole nitrogens is 1. The molecule has 3 heterocycles. The van der Waals surface area contributed by atoms with E-state index in [0.717, 1.165) is 30.3 Å². The van der Waals surface area contributed by atoms with Crippen molar-refractivity contribution in [3.05, 3.63) is 77.0 Å². The molecule has 0 amide bonds. The van der Waals surface area contributed by atoms with Crippen molar-refractivity contribution in [1.82, 2.24) is 9.97 Å². The molecular weight excluding hydrogens is 440 g/mol. The SMILES string of the molecule is O=Nc1cc(Nc2ccc(C(F)(F)F)cc2)nc(-c2c(C(F)(F)F)[nH]c3cccc[n+]23)c1. The summed E-state index contributed by atoms with van der Waals surface area (Å²) in [6.07, 6.45) is -7.89. The summed E-state index contributed by atoms with van der Waals surface area (Å²) in [7, 11) is 0. The Morgan fingerprint density at radius 2 is 1.66 bits per heavy atom. The maximum Gasteiger partial charge on any atom is 0.457 e. The Hall–Kier alpha value is -3.96. The fourth-order valence-corrected chi connectivity index (χ4v) is 3.15. The number of nitroso groups, excluding NO2 is 1. The summed E-state index contributed by atoms with van der Waals surface area (Å²) in [5.74, 6) is -0.0733. The third-order valence-electron chi connectivity index (χ3n) is 4.52. The number of fused-ring (bicyclic) bond motifs is 1. The van der Waals surface area contributed by atoms with Gasteiger partial charge in [-0.25, -0.2) is 9.97 Å². The molecule has 6 nitrogen and oxygen atoms in total. The minimum absolute atomic E-state index is 0.0733. The molecule has 32 heavy (non-hydrogen) atoms. The van der Waals surface area contributed by atoms with Crippen LogP contribution < -0.4 is 9.72 Å². The Labute approximate surface area is 175 Å². The molecule has 2 N–H and O–H groups in total. The number of aromatic amines is 1. The molecule has 1 aromatic carbocycles. The molecule has 0 radical (unpaired) electrons. The highest BCUT2D eigenvalue weighted by Gasteiger charge is 2.43. The van der Waals surface area contributed by atoms with Crippen LogP contribution in [0.1, 0.15) is 11.3 Å². The third-order valence-corrected chi connectivity index (χ3v) is 4.52. The van der Waals surface area contributed by atoms with Crippen LogP contribution in [0.3, 0.4) is 0 Å². The van der Waals surface area contributed by atoms with Gasteiger partial charge >= 0.3 is 12.4 Å². The standard InChI is InChI=1S/C20H11F6N5O/c21-19(22,23)11-4-6-12(7-5-11)27-15-10-13(30-32)9-14(28-15)17-18(20(24,25)26)29-16-3-1-2-8-31(16)17/h1-10H,(H,27,28)/p+1. The van der Waals surface area contributed by atoms with E-state index in [2.05, 4.69) is 20.5 Å². The second kappa shape index (κ2) is 7.62. The average Bonchev–Trinajstić information content (AvgIpc) is 3.13. The first-order valence-electron chi connectivity index (χ1n) is 8.96. The molecule has 4 aromatic rings. The van der Waals surface area contributed by atoms with Gasteiger partial charge in [-0.3, -0.25) is 0 Å². The van der Waals surface area contributed by atoms with Crippen LogP contribution >= 0.6 is 0 Å². The Kier molecular flexibility index (Phi) is 5.07. The van der Waals surface area contributed by atoms with E-state index in [9.17, 15) is 31.2 Å². The van der Waals surface area contributed by atoms with Gasteiger partial charge in [-0.15, -0.1) is 4.91 Å². The first-order chi connectivity index (χ1) is 15.1. The van der Waals surface area contributed by atoms with E-state index in [1.165, 1.54) is 28.8 Å². The molecule has 0 saturated carbocycles. The van der Waals surface area contributed by atoms with E-state index in [4.69, 9.17) is 0 Å². The summed E-state index contributed by atoms with van der Waals surface area (Å²) in [6.45, 7) is 0. The predicted molar refractivity (Wildman–Crippen MR) is 102 cm³/mol. The van der Waals surface area contributed by atoms with Crippen LogP contribution in [-0.4, -0.2) is 9.97 Å². The van der Waals surface area contributed by atoms with Crippen molar-refractivity contribution < 1.29 is 30.7 Å². The van der Waals surface area contributed by atoms with E-state index in [1.54, 1.807) is 6.07 Å². The fourth-order valence-electron chi connectivity index (χ4n) is 3.15. The van der Waals surface area contributed by atoms with Gasteiger partial charge in [-0.2, -0.15) is 30.7 Å². The molecule has 0 bridgehead atoms. The largest absolute Gasteiger partial charge is 0.457 e. The number of nitrogens with one attached hydrogen (secondary N) is 2. The van der Waals surface area contributed by atoms with Gasteiger partial charge in [0.2, 0.25) is 5.69 Å². The van der Waals surface area contributed by atoms with E-state index >= 15 is 0 Å². The molecule has 0 saturated heterocycles. The highest BCUT2D eigenvalue weighted by atomic mass is 19.4. The monoisotopic (exact) mass is 452 g/mol. The first kappa shape index (κ1) is 21.3. The number of benzene rings is 1. The molecule has 0 aliphatic carbocycles. The van der Waals surface area contributed by atoms with E-state index in [0.29, 0.717) is 0 Å². The number of hydrogen-bond donors (Lipinski definition) is 2. The number of hydrogen-bond acceptors (Lipinski definition) is 4. The average molecular weight is 452 g/mol. The van der Waals surface area contributed by atoms with Crippen molar-refractivity contribution in [3.8, 4) is 11.4 Å². The van der Waals surface area contributed by atoms with E-state index in [-0.39, 0.29) is 34.2 Å². The summed E-state index contributed by atoms with van der Waals surface area (Å²) in [5.41, 5.74) is -2.42. The van der Waals surface area contributed by atoms with Crippen LogP contribution in [0.2, 0.25) is 0 Å². The molecule has 0 fully saturated rings. The molecule has 0 aliphatic rings. The molecule has 0 unspecified atom stereocenters. The summed E-state index contributed by atoms with van der Waals surface area (Å²) in [5, 5.41) is 5.47. The Morgan fingerprint density at radius 1 is 0.938 bits per heavy atom. The number of nitrogens with zero attached hydrogens (tertiary/aromatic N) is 3. The molecule has 0 spiro atoms. The fraction of sp³-hybridized carbons (Fsp3) is 0.100. The Morgan fingerprint density at radius 3 is 2.28 bits per heavy atom. The van der Waals surface area contributed by atoms with Gasteiger partial charge in [0.1, 0.15) is 17.2 Å². The van der Waals surface area contributed by atoms with Crippen LogP contribution in [0.5, 0.6) is 0 Å². The maximum absolute atomic E-state index is 13.7. The van der Waals surface area contributed by atoms with Crippen LogP contribution in [0, 0.1) is 4.91 Å². The minimum Gasteiger partial charge on any atom is -0.340 e. The lowest BCUT2D eigenvalue weighted by atomic mass is 10.2. The summed E-state index contributed by atoms with van der Waals surface area (Å²) >= 11 is 0.